The third-order valence-electron chi connectivity index (χ3n) is 5.84. The molecule has 0 fully saturated rings. The molecule has 10 heteroatoms. The molecule has 2 aromatic carbocycles. The first-order valence-corrected chi connectivity index (χ1v) is 11.7. The van der Waals surface area contributed by atoms with Crippen LogP contribution >= 0.6 is 0 Å². The number of carbonyl (C=O) groups excluding carboxylic acids is 1. The summed E-state index contributed by atoms with van der Waals surface area (Å²) in [5.74, 6) is -0.266. The topological polar surface area (TPSA) is 139 Å². The van der Waals surface area contributed by atoms with Gasteiger partial charge in [0.2, 0.25) is 0 Å². The molecule has 3 aromatic rings. The van der Waals surface area contributed by atoms with E-state index in [2.05, 4.69) is 15.0 Å². The van der Waals surface area contributed by atoms with Crippen LogP contribution in [0.3, 0.4) is 0 Å². The quantitative estimate of drug-likeness (QED) is 0.533. The molecule has 2 atom stereocenters. The van der Waals surface area contributed by atoms with Crippen molar-refractivity contribution in [3.8, 4) is 11.1 Å². The fourth-order valence-corrected chi connectivity index (χ4v) is 5.04. The van der Waals surface area contributed by atoms with Gasteiger partial charge in [-0.15, -0.1) is 0 Å². The summed E-state index contributed by atoms with van der Waals surface area (Å²) < 4.78 is 33.0. The summed E-state index contributed by atoms with van der Waals surface area (Å²) in [5.41, 5.74) is 7.72. The lowest BCUT2D eigenvalue weighted by Crippen LogP contribution is -2.41. The monoisotopic (exact) mass is 465 g/mol. The smallest absolute Gasteiger partial charge is 0.271 e. The maximum atomic E-state index is 13.5. The van der Waals surface area contributed by atoms with Gasteiger partial charge in [-0.25, -0.2) is 15.0 Å². The number of nitrogens with two attached hydrogens (primary N) is 1. The zero-order valence-corrected chi connectivity index (χ0v) is 18.9. The first-order valence-electron chi connectivity index (χ1n) is 10.2. The summed E-state index contributed by atoms with van der Waals surface area (Å²) >= 11 is 0. The molecule has 0 radical (unpaired) electrons. The molecule has 0 spiro atoms. The number of aliphatic imine (C=N–C) groups is 1. The lowest BCUT2D eigenvalue weighted by molar-refractivity contribution is -0.129. The van der Waals surface area contributed by atoms with E-state index in [9.17, 15) is 17.8 Å². The third kappa shape index (κ3) is 3.87. The Kier molecular flexibility index (Phi) is 5.73. The van der Waals surface area contributed by atoms with Crippen molar-refractivity contribution >= 4 is 22.0 Å². The van der Waals surface area contributed by atoms with Crippen LogP contribution in [0.1, 0.15) is 35.3 Å². The summed E-state index contributed by atoms with van der Waals surface area (Å²) in [5, 5.41) is -1.06. The molecular formula is C23H23N5O4S. The maximum Gasteiger partial charge on any atom is 0.271 e. The molecule has 0 saturated heterocycles. The lowest BCUT2D eigenvalue weighted by Gasteiger charge is -2.27. The van der Waals surface area contributed by atoms with Crippen LogP contribution < -0.4 is 5.73 Å². The fraction of sp³-hybridized carbons (Fsp3) is 0.217. The summed E-state index contributed by atoms with van der Waals surface area (Å²) in [7, 11) is -2.71. The van der Waals surface area contributed by atoms with Gasteiger partial charge in [0.25, 0.3) is 16.0 Å². The van der Waals surface area contributed by atoms with Crippen molar-refractivity contribution in [3.05, 3.63) is 83.9 Å². The van der Waals surface area contributed by atoms with Crippen molar-refractivity contribution in [1.82, 2.24) is 14.9 Å². The standard InChI is InChI=1S/C23H23N5O4S/c1-3-20(33(30,31)32)15-7-9-18(10-8-15)23(21(29)28(2)22(24)27-23)19-6-4-5-16(11-19)17-12-25-14-26-13-17/h4-14,20H,3H2,1-2H3,(H2,24,27)(H,30,31,32). The third-order valence-corrected chi connectivity index (χ3v) is 7.17. The van der Waals surface area contributed by atoms with Gasteiger partial charge in [-0.1, -0.05) is 49.4 Å². The largest absolute Gasteiger partial charge is 0.369 e. The maximum absolute atomic E-state index is 13.5. The van der Waals surface area contributed by atoms with Gasteiger partial charge in [-0.05, 0) is 34.7 Å². The molecule has 1 amide bonds. The second kappa shape index (κ2) is 8.38. The predicted octanol–water partition coefficient (Wildman–Crippen LogP) is 2.51. The Morgan fingerprint density at radius 1 is 1.06 bits per heavy atom. The van der Waals surface area contributed by atoms with E-state index in [1.54, 1.807) is 56.7 Å². The Morgan fingerprint density at radius 2 is 1.73 bits per heavy atom. The Balaban J connectivity index is 1.87. The van der Waals surface area contributed by atoms with E-state index < -0.39 is 20.9 Å². The molecule has 1 aromatic heterocycles. The average Bonchev–Trinajstić information content (AvgIpc) is 3.04. The van der Waals surface area contributed by atoms with Crippen molar-refractivity contribution in [2.45, 2.75) is 24.1 Å². The Hall–Kier alpha value is -3.63. The van der Waals surface area contributed by atoms with Gasteiger partial charge in [-0.3, -0.25) is 14.2 Å². The second-order valence-corrected chi connectivity index (χ2v) is 9.39. The first-order chi connectivity index (χ1) is 15.7. The first kappa shape index (κ1) is 22.6. The van der Waals surface area contributed by atoms with E-state index in [-0.39, 0.29) is 18.3 Å². The summed E-state index contributed by atoms with van der Waals surface area (Å²) in [6.45, 7) is 1.67. The minimum Gasteiger partial charge on any atom is -0.369 e. The zero-order chi connectivity index (χ0) is 23.8. The highest BCUT2D eigenvalue weighted by atomic mass is 32.2. The predicted molar refractivity (Wildman–Crippen MR) is 124 cm³/mol. The molecule has 9 nitrogen and oxygen atoms in total. The van der Waals surface area contributed by atoms with Gasteiger partial charge in [-0.2, -0.15) is 8.42 Å². The fourth-order valence-electron chi connectivity index (χ4n) is 4.11. The van der Waals surface area contributed by atoms with Crippen LogP contribution in [0.25, 0.3) is 11.1 Å². The Morgan fingerprint density at radius 3 is 2.27 bits per heavy atom. The van der Waals surface area contributed by atoms with Crippen molar-refractivity contribution in [2.24, 2.45) is 10.7 Å². The van der Waals surface area contributed by atoms with Crippen molar-refractivity contribution in [2.75, 3.05) is 7.05 Å². The SMILES string of the molecule is CCC(c1ccc(C2(c3cccc(-c4cncnc4)c3)N=C(N)N(C)C2=O)cc1)S(=O)(=O)O. The van der Waals surface area contributed by atoms with Gasteiger partial charge in [0, 0.05) is 25.0 Å². The molecule has 33 heavy (non-hydrogen) atoms. The summed E-state index contributed by atoms with van der Waals surface area (Å²) in [6.07, 6.45) is 4.99. The number of likely N-dealkylation sites (N-methyl/N-ethyl adjacent to an activating group) is 1. The number of nitrogens with zero attached hydrogens (tertiary/aromatic N) is 4. The van der Waals surface area contributed by atoms with Gasteiger partial charge in [0.05, 0.1) is 0 Å². The number of rotatable bonds is 6. The van der Waals surface area contributed by atoms with E-state index >= 15 is 0 Å². The highest BCUT2D eigenvalue weighted by molar-refractivity contribution is 7.86. The van der Waals surface area contributed by atoms with Gasteiger partial charge in [0.15, 0.2) is 11.5 Å². The molecule has 1 aliphatic rings. The van der Waals surface area contributed by atoms with E-state index in [1.807, 2.05) is 18.2 Å². The summed E-state index contributed by atoms with van der Waals surface area (Å²) in [4.78, 5) is 27.5. The van der Waals surface area contributed by atoms with E-state index in [4.69, 9.17) is 5.73 Å². The number of hydrogen-bond donors (Lipinski definition) is 2. The number of aromatic nitrogens is 2. The minimum atomic E-state index is -4.27. The number of benzene rings is 2. The molecule has 1 aliphatic heterocycles. The molecule has 0 aliphatic carbocycles. The van der Waals surface area contributed by atoms with Crippen LogP contribution in [-0.2, 0) is 20.5 Å². The summed E-state index contributed by atoms with van der Waals surface area (Å²) in [6, 6.07) is 13.8. The van der Waals surface area contributed by atoms with Crippen LogP contribution in [0.2, 0.25) is 0 Å². The van der Waals surface area contributed by atoms with E-state index in [0.717, 1.165) is 11.1 Å². The number of guanidine groups is 1. The number of hydrogen-bond acceptors (Lipinski definition) is 7. The lowest BCUT2D eigenvalue weighted by atomic mass is 9.81. The van der Waals surface area contributed by atoms with Crippen LogP contribution in [0.5, 0.6) is 0 Å². The van der Waals surface area contributed by atoms with Gasteiger partial charge in [0.1, 0.15) is 11.6 Å². The molecule has 4 rings (SSSR count). The highest BCUT2D eigenvalue weighted by Crippen LogP contribution is 2.41. The van der Waals surface area contributed by atoms with Gasteiger partial charge < -0.3 is 5.73 Å². The Bertz CT molecular complexity index is 1330. The van der Waals surface area contributed by atoms with Crippen molar-refractivity contribution in [3.63, 3.8) is 0 Å². The minimum absolute atomic E-state index is 0.0712. The second-order valence-electron chi connectivity index (χ2n) is 7.79. The Labute approximate surface area is 191 Å². The van der Waals surface area contributed by atoms with Crippen LogP contribution in [0.15, 0.2) is 72.2 Å². The van der Waals surface area contributed by atoms with Crippen LogP contribution in [0.4, 0.5) is 0 Å². The normalized spacial score (nSPS) is 19.4. The highest BCUT2D eigenvalue weighted by Gasteiger charge is 2.49. The van der Waals surface area contributed by atoms with E-state index in [1.165, 1.54) is 11.2 Å². The van der Waals surface area contributed by atoms with Crippen molar-refractivity contribution < 1.29 is 17.8 Å². The van der Waals surface area contributed by atoms with Crippen LogP contribution in [0, 0.1) is 0 Å². The van der Waals surface area contributed by atoms with Crippen LogP contribution in [-0.4, -0.2) is 46.8 Å². The average molecular weight is 466 g/mol. The molecule has 2 unspecified atom stereocenters. The number of carbonyl (C=O) groups is 1. The number of amides is 1. The molecular weight excluding hydrogens is 442 g/mol. The van der Waals surface area contributed by atoms with Crippen molar-refractivity contribution in [1.29, 1.82) is 0 Å². The van der Waals surface area contributed by atoms with Gasteiger partial charge >= 0.3 is 0 Å². The zero-order valence-electron chi connectivity index (χ0n) is 18.1. The van der Waals surface area contributed by atoms with E-state index in [0.29, 0.717) is 16.7 Å². The molecule has 3 N–H and O–H groups in total. The molecule has 170 valence electrons. The molecule has 0 saturated carbocycles. The molecule has 0 bridgehead atoms. The molecule has 2 heterocycles.